The van der Waals surface area contributed by atoms with Crippen LogP contribution in [0.3, 0.4) is 0 Å². The molecule has 0 nitrogen and oxygen atoms in total. The van der Waals surface area contributed by atoms with Crippen LogP contribution >= 0.6 is 11.3 Å². The van der Waals surface area contributed by atoms with Gasteiger partial charge in [-0.05, 0) is 107 Å². The number of rotatable bonds is 12. The number of benzene rings is 5. The molecule has 0 aliphatic rings. The van der Waals surface area contributed by atoms with E-state index < -0.39 is 0 Å². The monoisotopic (exact) mass is 580 g/mol. The van der Waals surface area contributed by atoms with Crippen LogP contribution in [-0.2, 0) is 12.8 Å². The lowest BCUT2D eigenvalue weighted by Crippen LogP contribution is -1.87. The van der Waals surface area contributed by atoms with Crippen molar-refractivity contribution >= 4 is 53.1 Å². The SMILES string of the molecule is CCCCCCCCc1ccc(C#Cc2ccc3cc4c(cc3c2)sc2cc3ccc(CCCCCC)cc3cc24)cc1. The number of hydrogen-bond acceptors (Lipinski definition) is 1. The molecule has 0 amide bonds. The summed E-state index contributed by atoms with van der Waals surface area (Å²) in [4.78, 5) is 0. The molecule has 0 fully saturated rings. The molecule has 6 aromatic rings. The molecule has 1 heteroatoms. The molecule has 0 bridgehead atoms. The van der Waals surface area contributed by atoms with E-state index in [2.05, 4.69) is 111 Å². The van der Waals surface area contributed by atoms with E-state index in [9.17, 15) is 0 Å². The van der Waals surface area contributed by atoms with Gasteiger partial charge in [0.2, 0.25) is 0 Å². The molecule has 0 radical (unpaired) electrons. The first-order valence-corrected chi connectivity index (χ1v) is 17.5. The van der Waals surface area contributed by atoms with Crippen LogP contribution in [0.1, 0.15) is 100 Å². The van der Waals surface area contributed by atoms with Crippen molar-refractivity contribution in [2.75, 3.05) is 0 Å². The average Bonchev–Trinajstić information content (AvgIpc) is 3.37. The van der Waals surface area contributed by atoms with Crippen molar-refractivity contribution in [3.8, 4) is 11.8 Å². The zero-order chi connectivity index (χ0) is 29.4. The fourth-order valence-electron chi connectivity index (χ4n) is 6.31. The van der Waals surface area contributed by atoms with E-state index in [1.54, 1.807) is 0 Å². The lowest BCUT2D eigenvalue weighted by atomic mass is 9.99. The van der Waals surface area contributed by atoms with Gasteiger partial charge in [-0.3, -0.25) is 0 Å². The molecule has 0 saturated heterocycles. The Morgan fingerprint density at radius 3 is 1.72 bits per heavy atom. The van der Waals surface area contributed by atoms with Crippen LogP contribution in [0.4, 0.5) is 0 Å². The summed E-state index contributed by atoms with van der Waals surface area (Å²) >= 11 is 1.91. The molecule has 5 aromatic carbocycles. The third-order valence-corrected chi connectivity index (χ3v) is 10.0. The molecule has 0 aliphatic heterocycles. The first-order valence-electron chi connectivity index (χ1n) is 16.6. The first-order chi connectivity index (χ1) is 21.2. The molecule has 0 saturated carbocycles. The largest absolute Gasteiger partial charge is 0.135 e. The van der Waals surface area contributed by atoms with Crippen molar-refractivity contribution in [1.29, 1.82) is 0 Å². The summed E-state index contributed by atoms with van der Waals surface area (Å²) in [5, 5.41) is 7.99. The van der Waals surface area contributed by atoms with Gasteiger partial charge in [0, 0.05) is 31.3 Å². The van der Waals surface area contributed by atoms with Gasteiger partial charge in [-0.2, -0.15) is 0 Å². The van der Waals surface area contributed by atoms with E-state index in [1.165, 1.54) is 130 Å². The Labute approximate surface area is 262 Å². The molecule has 6 rings (SSSR count). The van der Waals surface area contributed by atoms with E-state index in [-0.39, 0.29) is 0 Å². The van der Waals surface area contributed by atoms with Crippen LogP contribution < -0.4 is 0 Å². The number of thiophene rings is 1. The third kappa shape index (κ3) is 7.31. The van der Waals surface area contributed by atoms with Crippen molar-refractivity contribution in [2.24, 2.45) is 0 Å². The molecule has 1 heterocycles. The quantitative estimate of drug-likeness (QED) is 0.0997. The van der Waals surface area contributed by atoms with Gasteiger partial charge in [0.15, 0.2) is 0 Å². The van der Waals surface area contributed by atoms with Crippen LogP contribution in [-0.4, -0.2) is 0 Å². The minimum absolute atomic E-state index is 1.07. The summed E-state index contributed by atoms with van der Waals surface area (Å²) in [5.74, 6) is 6.82. The molecule has 1 aromatic heterocycles. The molecule has 0 spiro atoms. The second kappa shape index (κ2) is 14.2. The topological polar surface area (TPSA) is 0 Å². The van der Waals surface area contributed by atoms with Crippen LogP contribution in [0, 0.1) is 11.8 Å². The molecular formula is C42H44S. The number of aryl methyl sites for hydroxylation is 2. The Balaban J connectivity index is 1.18. The maximum absolute atomic E-state index is 3.42. The Kier molecular flexibility index (Phi) is 9.76. The minimum atomic E-state index is 1.07. The van der Waals surface area contributed by atoms with Gasteiger partial charge < -0.3 is 0 Å². The summed E-state index contributed by atoms with van der Waals surface area (Å²) in [5.41, 5.74) is 5.05. The molecule has 43 heavy (non-hydrogen) atoms. The van der Waals surface area contributed by atoms with E-state index in [0.29, 0.717) is 0 Å². The molecule has 0 unspecified atom stereocenters. The Bertz CT molecular complexity index is 1890. The lowest BCUT2D eigenvalue weighted by molar-refractivity contribution is 0.607. The Morgan fingerprint density at radius 1 is 0.442 bits per heavy atom. The predicted molar refractivity (Wildman–Crippen MR) is 192 cm³/mol. The maximum atomic E-state index is 3.42. The standard InChI is InChI=1S/C42H44S/c1-3-5-7-9-10-12-13-31-15-17-32(18-16-31)19-20-34-22-23-35-27-39-40-28-37-25-33(14-11-8-6-4-2)21-24-36(37)29-41(40)43-42(39)30-38(35)26-34/h15-18,21-30H,3-14H2,1-2H3. The molecule has 0 N–H and O–H groups in total. The van der Waals surface area contributed by atoms with Gasteiger partial charge >= 0.3 is 0 Å². The zero-order valence-electron chi connectivity index (χ0n) is 26.0. The van der Waals surface area contributed by atoms with Crippen molar-refractivity contribution in [2.45, 2.75) is 90.9 Å². The molecule has 0 aliphatic carbocycles. The summed E-state index contributed by atoms with van der Waals surface area (Å²) in [7, 11) is 0. The van der Waals surface area contributed by atoms with Crippen molar-refractivity contribution in [1.82, 2.24) is 0 Å². The van der Waals surface area contributed by atoms with Crippen LogP contribution in [0.15, 0.2) is 84.9 Å². The predicted octanol–water partition coefficient (Wildman–Crippen LogP) is 12.8. The smallest absolute Gasteiger partial charge is 0.0361 e. The number of unbranched alkanes of at least 4 members (excludes halogenated alkanes) is 8. The summed E-state index contributed by atoms with van der Waals surface area (Å²) in [6.07, 6.45) is 15.7. The molecule has 0 atom stereocenters. The second-order valence-electron chi connectivity index (χ2n) is 12.3. The van der Waals surface area contributed by atoms with Crippen LogP contribution in [0.25, 0.3) is 41.7 Å². The van der Waals surface area contributed by atoms with E-state index in [4.69, 9.17) is 0 Å². The lowest BCUT2D eigenvalue weighted by Gasteiger charge is -2.05. The normalized spacial score (nSPS) is 11.5. The molecule has 218 valence electrons. The zero-order valence-corrected chi connectivity index (χ0v) is 26.8. The highest BCUT2D eigenvalue weighted by molar-refractivity contribution is 7.26. The molecular weight excluding hydrogens is 537 g/mol. The summed E-state index contributed by atoms with van der Waals surface area (Å²) in [6.45, 7) is 4.56. The van der Waals surface area contributed by atoms with Crippen LogP contribution in [0.2, 0.25) is 0 Å². The summed E-state index contributed by atoms with van der Waals surface area (Å²) < 4.78 is 2.72. The van der Waals surface area contributed by atoms with E-state index >= 15 is 0 Å². The Hall–Kier alpha value is -3.60. The summed E-state index contributed by atoms with van der Waals surface area (Å²) in [6, 6.07) is 32.1. The highest BCUT2D eigenvalue weighted by atomic mass is 32.1. The van der Waals surface area contributed by atoms with E-state index in [0.717, 1.165) is 11.1 Å². The highest BCUT2D eigenvalue weighted by Gasteiger charge is 2.09. The second-order valence-corrected chi connectivity index (χ2v) is 13.4. The average molecular weight is 581 g/mol. The van der Waals surface area contributed by atoms with Gasteiger partial charge in [-0.1, -0.05) is 113 Å². The first kappa shape index (κ1) is 29.5. The number of fused-ring (bicyclic) bond motifs is 5. The maximum Gasteiger partial charge on any atom is 0.0361 e. The van der Waals surface area contributed by atoms with Gasteiger partial charge in [-0.15, -0.1) is 11.3 Å². The number of hydrogen-bond donors (Lipinski definition) is 0. The van der Waals surface area contributed by atoms with Crippen molar-refractivity contribution < 1.29 is 0 Å². The minimum Gasteiger partial charge on any atom is -0.135 e. The highest BCUT2D eigenvalue weighted by Crippen LogP contribution is 2.39. The van der Waals surface area contributed by atoms with E-state index in [1.807, 2.05) is 11.3 Å². The van der Waals surface area contributed by atoms with Crippen LogP contribution in [0.5, 0.6) is 0 Å². The van der Waals surface area contributed by atoms with Gasteiger partial charge in [0.25, 0.3) is 0 Å². The van der Waals surface area contributed by atoms with Gasteiger partial charge in [0.1, 0.15) is 0 Å². The van der Waals surface area contributed by atoms with Crippen molar-refractivity contribution in [3.63, 3.8) is 0 Å². The van der Waals surface area contributed by atoms with Crippen molar-refractivity contribution in [3.05, 3.63) is 107 Å². The van der Waals surface area contributed by atoms with Gasteiger partial charge in [-0.25, -0.2) is 0 Å². The fraction of sp³-hybridized carbons (Fsp3) is 0.333. The fourth-order valence-corrected chi connectivity index (χ4v) is 7.48. The Morgan fingerprint density at radius 2 is 0.953 bits per heavy atom. The van der Waals surface area contributed by atoms with Gasteiger partial charge in [0.05, 0.1) is 0 Å². The third-order valence-electron chi connectivity index (χ3n) is 8.89.